The number of rotatable bonds is 6. The van der Waals surface area contributed by atoms with Gasteiger partial charge >= 0.3 is 0 Å². The van der Waals surface area contributed by atoms with Gasteiger partial charge in [0, 0.05) is 24.3 Å². The monoisotopic (exact) mass is 556 g/mol. The first-order valence-corrected chi connectivity index (χ1v) is 15.9. The Bertz CT molecular complexity index is 1480. The number of hydrogen-bond donors (Lipinski definition) is 1. The van der Waals surface area contributed by atoms with Crippen LogP contribution in [0.2, 0.25) is 0 Å². The number of ether oxygens (including phenoxy) is 1. The van der Waals surface area contributed by atoms with Gasteiger partial charge in [-0.1, -0.05) is 42.5 Å². The molecule has 3 aromatic carbocycles. The molecule has 5 fully saturated rings. The molecule has 1 amide bonds. The Kier molecular flexibility index (Phi) is 6.37. The second kappa shape index (κ2) is 9.82. The highest BCUT2D eigenvalue weighted by molar-refractivity contribution is 7.89. The summed E-state index contributed by atoms with van der Waals surface area (Å²) in [5.74, 6) is 1.33. The molecule has 5 aliphatic rings. The van der Waals surface area contributed by atoms with Crippen molar-refractivity contribution in [1.29, 1.82) is 0 Å². The van der Waals surface area contributed by atoms with E-state index in [-0.39, 0.29) is 16.2 Å². The number of hydrogen-bond acceptors (Lipinski definition) is 4. The highest BCUT2D eigenvalue weighted by atomic mass is 32.2. The van der Waals surface area contributed by atoms with Gasteiger partial charge in [-0.3, -0.25) is 4.79 Å². The van der Waals surface area contributed by atoms with E-state index in [9.17, 15) is 13.2 Å². The lowest BCUT2D eigenvalue weighted by Crippen LogP contribution is -2.55. The van der Waals surface area contributed by atoms with E-state index in [1.807, 2.05) is 12.1 Å². The fourth-order valence-electron chi connectivity index (χ4n) is 8.55. The molecule has 2 atom stereocenters. The van der Waals surface area contributed by atoms with E-state index in [0.717, 1.165) is 17.5 Å². The summed E-state index contributed by atoms with van der Waals surface area (Å²) >= 11 is 0. The Labute approximate surface area is 236 Å². The molecule has 1 saturated heterocycles. The van der Waals surface area contributed by atoms with Crippen LogP contribution in [-0.4, -0.2) is 44.9 Å². The van der Waals surface area contributed by atoms with E-state index in [4.69, 9.17) is 4.74 Å². The molecule has 1 heterocycles. The van der Waals surface area contributed by atoms with Crippen LogP contribution in [0.4, 0.5) is 5.69 Å². The molecule has 4 bridgehead atoms. The number of benzene rings is 3. The number of nitrogens with one attached hydrogen (secondary N) is 1. The fourth-order valence-corrected chi connectivity index (χ4v) is 9.96. The Morgan fingerprint density at radius 1 is 0.775 bits per heavy atom. The highest BCUT2D eigenvalue weighted by Gasteiger charge is 2.58. The molecule has 3 aromatic rings. The number of nitrogens with zero attached hydrogens (tertiary/aromatic N) is 1. The van der Waals surface area contributed by atoms with Gasteiger partial charge in [0.15, 0.2) is 0 Å². The number of carbonyl (C=O) groups is 1. The summed E-state index contributed by atoms with van der Waals surface area (Å²) in [4.78, 5) is 13.2. The van der Waals surface area contributed by atoms with Crippen molar-refractivity contribution in [3.63, 3.8) is 0 Å². The Morgan fingerprint density at radius 3 is 1.95 bits per heavy atom. The maximum absolute atomic E-state index is 13.0. The molecule has 1 aliphatic heterocycles. The van der Waals surface area contributed by atoms with Crippen molar-refractivity contribution < 1.29 is 17.9 Å². The van der Waals surface area contributed by atoms with E-state index in [1.54, 1.807) is 12.1 Å². The predicted molar refractivity (Wildman–Crippen MR) is 155 cm³/mol. The third-order valence-electron chi connectivity index (χ3n) is 9.93. The van der Waals surface area contributed by atoms with Crippen LogP contribution >= 0.6 is 0 Å². The molecule has 6 nitrogen and oxygen atoms in total. The van der Waals surface area contributed by atoms with Gasteiger partial charge in [0.2, 0.25) is 10.0 Å². The van der Waals surface area contributed by atoms with Gasteiger partial charge in [0.05, 0.1) is 18.1 Å². The van der Waals surface area contributed by atoms with Gasteiger partial charge in [-0.2, -0.15) is 4.31 Å². The van der Waals surface area contributed by atoms with Crippen LogP contribution in [0.15, 0.2) is 83.8 Å². The first kappa shape index (κ1) is 25.9. The minimum Gasteiger partial charge on any atom is -0.379 e. The van der Waals surface area contributed by atoms with Crippen LogP contribution in [0.25, 0.3) is 0 Å². The topological polar surface area (TPSA) is 75.7 Å². The van der Waals surface area contributed by atoms with Crippen LogP contribution in [0, 0.1) is 11.8 Å². The maximum atomic E-state index is 13.0. The fraction of sp³-hybridized carbons (Fsp3) is 0.424. The molecule has 8 rings (SSSR count). The summed E-state index contributed by atoms with van der Waals surface area (Å²) in [5, 5.41) is 3.00. The van der Waals surface area contributed by atoms with Crippen LogP contribution in [-0.2, 0) is 25.6 Å². The smallest absolute Gasteiger partial charge is 0.255 e. The van der Waals surface area contributed by atoms with E-state index >= 15 is 0 Å². The second-order valence-electron chi connectivity index (χ2n) is 12.5. The summed E-state index contributed by atoms with van der Waals surface area (Å²) < 4.78 is 32.5. The van der Waals surface area contributed by atoms with Crippen molar-refractivity contribution in [2.45, 2.75) is 54.3 Å². The van der Waals surface area contributed by atoms with Crippen LogP contribution < -0.4 is 5.32 Å². The lowest BCUT2D eigenvalue weighted by atomic mass is 9.42. The minimum absolute atomic E-state index is 0.194. The van der Waals surface area contributed by atoms with Gasteiger partial charge in [0.1, 0.15) is 0 Å². The average molecular weight is 557 g/mol. The Hall–Kier alpha value is -3.00. The van der Waals surface area contributed by atoms with E-state index in [0.29, 0.717) is 37.3 Å². The van der Waals surface area contributed by atoms with Gasteiger partial charge < -0.3 is 10.1 Å². The zero-order valence-corrected chi connectivity index (χ0v) is 23.5. The van der Waals surface area contributed by atoms with Crippen molar-refractivity contribution in [3.05, 3.63) is 95.6 Å². The van der Waals surface area contributed by atoms with Gasteiger partial charge in [-0.05, 0) is 109 Å². The summed E-state index contributed by atoms with van der Waals surface area (Å²) in [6.07, 6.45) is 7.75. The zero-order valence-electron chi connectivity index (χ0n) is 22.7. The summed E-state index contributed by atoms with van der Waals surface area (Å²) in [6, 6.07) is 25.9. The third kappa shape index (κ3) is 4.48. The van der Waals surface area contributed by atoms with Gasteiger partial charge in [0.25, 0.3) is 5.91 Å². The maximum Gasteiger partial charge on any atom is 0.255 e. The predicted octanol–water partition coefficient (Wildman–Crippen LogP) is 5.75. The van der Waals surface area contributed by atoms with Crippen molar-refractivity contribution in [1.82, 2.24) is 4.31 Å². The normalized spacial score (nSPS) is 29.8. The highest BCUT2D eigenvalue weighted by Crippen LogP contribution is 2.66. The summed E-state index contributed by atoms with van der Waals surface area (Å²) in [7, 11) is -3.59. The molecule has 4 aliphatic carbocycles. The van der Waals surface area contributed by atoms with Crippen molar-refractivity contribution in [3.8, 4) is 0 Å². The average Bonchev–Trinajstić information content (AvgIpc) is 2.98. The van der Waals surface area contributed by atoms with Gasteiger partial charge in [-0.15, -0.1) is 0 Å². The molecule has 40 heavy (non-hydrogen) atoms. The van der Waals surface area contributed by atoms with Crippen LogP contribution in [0.3, 0.4) is 0 Å². The molecule has 4 saturated carbocycles. The third-order valence-corrected chi connectivity index (χ3v) is 11.8. The molecule has 0 radical (unpaired) electrons. The lowest BCUT2D eigenvalue weighted by molar-refractivity contribution is -0.0281. The standard InChI is InChI=1S/C33H36N2O4S/c36-31(26-6-12-30(13-7-26)40(37,38)35-14-16-39-17-15-35)34-29-10-8-28(9-11-29)33-21-24-18-25(22-33)20-32(19-24,23-33)27-4-2-1-3-5-27/h1-13,24-25H,14-23H2,(H,34,36)/t24-,25-,32?,33?/m0/s1. The minimum atomic E-state index is -3.59. The number of amides is 1. The molecule has 0 aromatic heterocycles. The molecule has 208 valence electrons. The van der Waals surface area contributed by atoms with Gasteiger partial charge in [-0.25, -0.2) is 8.42 Å². The lowest BCUT2D eigenvalue weighted by Gasteiger charge is -2.62. The molecule has 1 N–H and O–H groups in total. The molecule has 0 unspecified atom stereocenters. The molecule has 0 spiro atoms. The number of sulfonamides is 1. The van der Waals surface area contributed by atoms with E-state index < -0.39 is 10.0 Å². The summed E-state index contributed by atoms with van der Waals surface area (Å²) in [5.41, 5.74) is 4.60. The largest absolute Gasteiger partial charge is 0.379 e. The summed E-state index contributed by atoms with van der Waals surface area (Å²) in [6.45, 7) is 1.48. The quantitative estimate of drug-likeness (QED) is 0.420. The van der Waals surface area contributed by atoms with Crippen molar-refractivity contribution >= 4 is 21.6 Å². The SMILES string of the molecule is O=C(Nc1ccc(C23C[C@H]4C[C@@H](CC(c5ccccc5)(C4)C2)C3)cc1)c1ccc(S(=O)(=O)N2CCOCC2)cc1. The first-order valence-electron chi connectivity index (χ1n) is 14.5. The number of anilines is 1. The number of morpholine rings is 1. The molecular formula is C33H36N2O4S. The van der Waals surface area contributed by atoms with Crippen LogP contribution in [0.1, 0.15) is 60.0 Å². The van der Waals surface area contributed by atoms with Crippen molar-refractivity contribution in [2.24, 2.45) is 11.8 Å². The molecule has 7 heteroatoms. The zero-order chi connectivity index (χ0) is 27.4. The Morgan fingerprint density at radius 2 is 1.35 bits per heavy atom. The first-order chi connectivity index (χ1) is 19.4. The van der Waals surface area contributed by atoms with E-state index in [1.165, 1.54) is 66.1 Å². The van der Waals surface area contributed by atoms with Crippen LogP contribution in [0.5, 0.6) is 0 Å². The Balaban J connectivity index is 1.06. The van der Waals surface area contributed by atoms with Crippen molar-refractivity contribution in [2.75, 3.05) is 31.6 Å². The molecular weight excluding hydrogens is 520 g/mol. The number of carbonyl (C=O) groups excluding carboxylic acids is 1. The second-order valence-corrected chi connectivity index (χ2v) is 14.4. The van der Waals surface area contributed by atoms with E-state index in [2.05, 4.69) is 47.8 Å².